The molecule has 0 unspecified atom stereocenters. The van der Waals surface area contributed by atoms with Crippen LogP contribution < -0.4 is 11.1 Å². The van der Waals surface area contributed by atoms with Gasteiger partial charge in [0, 0.05) is 6.42 Å². The van der Waals surface area contributed by atoms with Gasteiger partial charge in [0.15, 0.2) is 0 Å². The molecule has 6 nitrogen and oxygen atoms in total. The Kier molecular flexibility index (Phi) is 5.62. The van der Waals surface area contributed by atoms with Crippen LogP contribution in [0.3, 0.4) is 0 Å². The van der Waals surface area contributed by atoms with Crippen molar-refractivity contribution < 1.29 is 19.5 Å². The molecular formula is C7H11ClN2O4. The first-order valence-electron chi connectivity index (χ1n) is 3.83. The minimum Gasteiger partial charge on any atom is -0.480 e. The van der Waals surface area contributed by atoms with Crippen LogP contribution in [0.4, 0.5) is 0 Å². The Bertz CT molecular complexity index is 244. The summed E-state index contributed by atoms with van der Waals surface area (Å²) in [5.41, 5.74) is 4.83. The molecule has 0 rings (SSSR count). The molecule has 0 aromatic rings. The second-order valence-electron chi connectivity index (χ2n) is 2.60. The third-order valence-electron chi connectivity index (χ3n) is 1.43. The summed E-state index contributed by atoms with van der Waals surface area (Å²) >= 11 is 5.17. The lowest BCUT2D eigenvalue weighted by Crippen LogP contribution is -2.41. The van der Waals surface area contributed by atoms with E-state index in [4.69, 9.17) is 22.4 Å². The molecule has 2 amide bonds. The number of carbonyl (C=O) groups is 3. The number of halogens is 1. The summed E-state index contributed by atoms with van der Waals surface area (Å²) in [7, 11) is 0. The van der Waals surface area contributed by atoms with Gasteiger partial charge in [0.25, 0.3) is 0 Å². The second-order valence-corrected chi connectivity index (χ2v) is 2.86. The molecule has 0 aliphatic carbocycles. The molecule has 0 aromatic carbocycles. The van der Waals surface area contributed by atoms with Crippen molar-refractivity contribution in [3.63, 3.8) is 0 Å². The second kappa shape index (κ2) is 6.20. The number of carbonyl (C=O) groups excluding carboxylic acids is 2. The van der Waals surface area contributed by atoms with Crippen molar-refractivity contribution in [2.75, 3.05) is 5.88 Å². The SMILES string of the molecule is NC(=O)CC[C@@H](NC(=O)CCl)C(=O)O. The number of hydrogen-bond acceptors (Lipinski definition) is 3. The predicted octanol–water partition coefficient (Wildman–Crippen LogP) is -0.940. The van der Waals surface area contributed by atoms with Gasteiger partial charge in [-0.3, -0.25) is 9.59 Å². The fourth-order valence-corrected chi connectivity index (χ4v) is 0.854. The van der Waals surface area contributed by atoms with Gasteiger partial charge < -0.3 is 16.2 Å². The number of carboxylic acid groups (broad SMARTS) is 1. The van der Waals surface area contributed by atoms with E-state index in [1.165, 1.54) is 0 Å². The lowest BCUT2D eigenvalue weighted by Gasteiger charge is -2.12. The summed E-state index contributed by atoms with van der Waals surface area (Å²) in [5, 5.41) is 10.8. The number of alkyl halides is 1. The zero-order valence-corrected chi connectivity index (χ0v) is 8.08. The quantitative estimate of drug-likeness (QED) is 0.504. The number of aliphatic carboxylic acids is 1. The minimum atomic E-state index is -1.22. The van der Waals surface area contributed by atoms with Gasteiger partial charge in [-0.05, 0) is 6.42 Å². The molecule has 0 aliphatic rings. The highest BCUT2D eigenvalue weighted by atomic mass is 35.5. The van der Waals surface area contributed by atoms with Gasteiger partial charge in [0.1, 0.15) is 11.9 Å². The van der Waals surface area contributed by atoms with Gasteiger partial charge in [-0.2, -0.15) is 0 Å². The number of nitrogens with two attached hydrogens (primary N) is 1. The maximum atomic E-state index is 10.7. The summed E-state index contributed by atoms with van der Waals surface area (Å²) in [4.78, 5) is 31.7. The van der Waals surface area contributed by atoms with Crippen LogP contribution in [0, 0.1) is 0 Å². The standard InChI is InChI=1S/C7H11ClN2O4/c8-3-6(12)10-4(7(13)14)1-2-5(9)11/h4H,1-3H2,(H2,9,11)(H,10,12)(H,13,14)/t4-/m1/s1. The van der Waals surface area contributed by atoms with Crippen LogP contribution in [0.1, 0.15) is 12.8 Å². The van der Waals surface area contributed by atoms with E-state index in [-0.39, 0.29) is 18.7 Å². The van der Waals surface area contributed by atoms with Crippen molar-refractivity contribution in [2.45, 2.75) is 18.9 Å². The van der Waals surface area contributed by atoms with Crippen LogP contribution in [0.5, 0.6) is 0 Å². The van der Waals surface area contributed by atoms with E-state index < -0.39 is 23.8 Å². The van der Waals surface area contributed by atoms with E-state index in [1.807, 2.05) is 0 Å². The summed E-state index contributed by atoms with van der Waals surface area (Å²) in [6, 6.07) is -1.12. The summed E-state index contributed by atoms with van der Waals surface area (Å²) < 4.78 is 0. The summed E-state index contributed by atoms with van der Waals surface area (Å²) in [6.45, 7) is 0. The number of nitrogens with one attached hydrogen (secondary N) is 1. The van der Waals surface area contributed by atoms with Gasteiger partial charge in [0.2, 0.25) is 11.8 Å². The molecule has 4 N–H and O–H groups in total. The third kappa shape index (κ3) is 5.36. The Morgan fingerprint density at radius 2 is 2.00 bits per heavy atom. The monoisotopic (exact) mass is 222 g/mol. The van der Waals surface area contributed by atoms with Crippen molar-refractivity contribution in [3.05, 3.63) is 0 Å². The van der Waals surface area contributed by atoms with Crippen molar-refractivity contribution in [1.29, 1.82) is 0 Å². The Morgan fingerprint density at radius 3 is 2.36 bits per heavy atom. The Morgan fingerprint density at radius 1 is 1.43 bits per heavy atom. The van der Waals surface area contributed by atoms with Crippen molar-refractivity contribution in [3.8, 4) is 0 Å². The fourth-order valence-electron chi connectivity index (χ4n) is 0.777. The Hall–Kier alpha value is -1.30. The molecule has 7 heteroatoms. The highest BCUT2D eigenvalue weighted by molar-refractivity contribution is 6.27. The molecule has 1 atom stereocenters. The van der Waals surface area contributed by atoms with Gasteiger partial charge in [-0.25, -0.2) is 4.79 Å². The van der Waals surface area contributed by atoms with Crippen LogP contribution in [0.15, 0.2) is 0 Å². The number of amides is 2. The molecule has 0 spiro atoms. The van der Waals surface area contributed by atoms with Crippen LogP contribution in [0.2, 0.25) is 0 Å². The van der Waals surface area contributed by atoms with Gasteiger partial charge >= 0.3 is 5.97 Å². The van der Waals surface area contributed by atoms with E-state index in [0.29, 0.717) is 0 Å². The van der Waals surface area contributed by atoms with Crippen molar-refractivity contribution in [1.82, 2.24) is 5.32 Å². The maximum absolute atomic E-state index is 10.7. The number of rotatable bonds is 6. The zero-order valence-electron chi connectivity index (χ0n) is 7.33. The zero-order chi connectivity index (χ0) is 11.1. The minimum absolute atomic E-state index is 0.0344. The van der Waals surface area contributed by atoms with Gasteiger partial charge in [-0.1, -0.05) is 0 Å². The molecule has 0 saturated heterocycles. The van der Waals surface area contributed by atoms with E-state index in [0.717, 1.165) is 0 Å². The van der Waals surface area contributed by atoms with E-state index in [9.17, 15) is 14.4 Å². The average molecular weight is 223 g/mol. The first kappa shape index (κ1) is 12.7. The fraction of sp³-hybridized carbons (Fsp3) is 0.571. The highest BCUT2D eigenvalue weighted by Gasteiger charge is 2.19. The highest BCUT2D eigenvalue weighted by Crippen LogP contribution is 1.97. The van der Waals surface area contributed by atoms with Crippen LogP contribution in [-0.4, -0.2) is 34.8 Å². The van der Waals surface area contributed by atoms with E-state index >= 15 is 0 Å². The van der Waals surface area contributed by atoms with Crippen molar-refractivity contribution in [2.24, 2.45) is 5.73 Å². The molecule has 14 heavy (non-hydrogen) atoms. The summed E-state index contributed by atoms with van der Waals surface area (Å²) in [5.74, 6) is -2.75. The number of hydrogen-bond donors (Lipinski definition) is 3. The average Bonchev–Trinajstić information content (AvgIpc) is 2.10. The topological polar surface area (TPSA) is 109 Å². The number of primary amides is 1. The Labute approximate surface area is 85.4 Å². The predicted molar refractivity (Wildman–Crippen MR) is 48.7 cm³/mol. The van der Waals surface area contributed by atoms with E-state index in [1.54, 1.807) is 0 Å². The first-order chi connectivity index (χ1) is 6.47. The van der Waals surface area contributed by atoms with Gasteiger partial charge in [-0.15, -0.1) is 11.6 Å². The molecule has 0 saturated carbocycles. The smallest absolute Gasteiger partial charge is 0.326 e. The van der Waals surface area contributed by atoms with Crippen molar-refractivity contribution >= 4 is 29.4 Å². The van der Waals surface area contributed by atoms with Gasteiger partial charge in [0.05, 0.1) is 0 Å². The van der Waals surface area contributed by atoms with Crippen LogP contribution in [0.25, 0.3) is 0 Å². The molecule has 80 valence electrons. The Balaban J connectivity index is 4.09. The lowest BCUT2D eigenvalue weighted by molar-refractivity contribution is -0.141. The normalized spacial score (nSPS) is 11.8. The maximum Gasteiger partial charge on any atom is 0.326 e. The van der Waals surface area contributed by atoms with Crippen LogP contribution in [-0.2, 0) is 14.4 Å². The van der Waals surface area contributed by atoms with Crippen LogP contribution >= 0.6 is 11.6 Å². The van der Waals surface area contributed by atoms with E-state index in [2.05, 4.69) is 5.32 Å². The number of carboxylic acids is 1. The largest absolute Gasteiger partial charge is 0.480 e. The molecule has 0 aromatic heterocycles. The third-order valence-corrected chi connectivity index (χ3v) is 1.68. The first-order valence-corrected chi connectivity index (χ1v) is 4.37. The molecule has 0 aliphatic heterocycles. The molecular weight excluding hydrogens is 212 g/mol. The summed E-state index contributed by atoms with van der Waals surface area (Å²) in [6.07, 6.45) is -0.132. The molecule has 0 fully saturated rings. The molecule has 0 bridgehead atoms. The molecule has 0 heterocycles. The lowest BCUT2D eigenvalue weighted by atomic mass is 10.1. The molecule has 0 radical (unpaired) electrons.